The lowest BCUT2D eigenvalue weighted by Crippen LogP contribution is -2.56. The molecule has 15 nitrogen and oxygen atoms in total. The minimum absolute atomic E-state index is 0.0114. The number of nitrogens with two attached hydrogens (primary N) is 2. The fourth-order valence-corrected chi connectivity index (χ4v) is 4.78. The van der Waals surface area contributed by atoms with E-state index in [2.05, 4.69) is 21.3 Å². The summed E-state index contributed by atoms with van der Waals surface area (Å²) in [5, 5.41) is 36.4. The molecule has 0 bridgehead atoms. The summed E-state index contributed by atoms with van der Waals surface area (Å²) in [6.07, 6.45) is 1.73. The molecule has 11 N–H and O–H groups in total. The Morgan fingerprint density at radius 3 is 2.16 bits per heavy atom. The van der Waals surface area contributed by atoms with E-state index in [4.69, 9.17) is 16.9 Å². The Hall–Kier alpha value is -4.53. The van der Waals surface area contributed by atoms with Crippen LogP contribution in [-0.4, -0.2) is 82.6 Å². The zero-order valence-electron chi connectivity index (χ0n) is 24.6. The molecule has 4 atom stereocenters. The van der Waals surface area contributed by atoms with E-state index in [0.29, 0.717) is 44.2 Å². The molecule has 1 aromatic carbocycles. The Labute approximate surface area is 255 Å². The van der Waals surface area contributed by atoms with E-state index in [9.17, 15) is 39.0 Å². The number of rotatable bonds is 13. The molecule has 242 valence electrons. The van der Waals surface area contributed by atoms with Gasteiger partial charge in [-0.05, 0) is 49.9 Å². The van der Waals surface area contributed by atoms with E-state index in [0.717, 1.165) is 0 Å². The molecular formula is C29H43N7O8. The third kappa shape index (κ3) is 12.8. The number of phenols is 1. The third-order valence-corrected chi connectivity index (χ3v) is 7.18. The van der Waals surface area contributed by atoms with Gasteiger partial charge < -0.3 is 42.9 Å². The van der Waals surface area contributed by atoms with Crippen LogP contribution < -0.4 is 32.7 Å². The minimum atomic E-state index is -1.57. The number of nitrogens with one attached hydrogen (secondary N) is 5. The molecule has 15 heteroatoms. The van der Waals surface area contributed by atoms with Gasteiger partial charge in [0.15, 0.2) is 5.78 Å². The summed E-state index contributed by atoms with van der Waals surface area (Å²) < 4.78 is 0. The van der Waals surface area contributed by atoms with Crippen molar-refractivity contribution < 1.29 is 39.0 Å². The first-order valence-electron chi connectivity index (χ1n) is 14.6. The molecule has 1 aromatic rings. The van der Waals surface area contributed by atoms with Crippen LogP contribution in [0.4, 0.5) is 0 Å². The molecule has 1 heterocycles. The van der Waals surface area contributed by atoms with Gasteiger partial charge >= 0.3 is 5.97 Å². The second-order valence-corrected chi connectivity index (χ2v) is 10.9. The SMILES string of the molecule is N=C(N)CCCC[C@H]1NC(=O)CNC(=O)[C@@H](CC(=O)O)NC(=O)[C@H](Cc2ccc(O)cc2)NC(=O)[C@@H](CCCCN)CC1=O. The van der Waals surface area contributed by atoms with Crippen LogP contribution in [-0.2, 0) is 35.2 Å². The summed E-state index contributed by atoms with van der Waals surface area (Å²) in [5.74, 6) is -5.81. The average Bonchev–Trinajstić information content (AvgIpc) is 2.96. The van der Waals surface area contributed by atoms with E-state index in [-0.39, 0.29) is 37.3 Å². The van der Waals surface area contributed by atoms with E-state index in [1.165, 1.54) is 12.1 Å². The number of ketones is 1. The predicted octanol–water partition coefficient (Wildman–Crippen LogP) is -0.806. The Bertz CT molecular complexity index is 1190. The van der Waals surface area contributed by atoms with Gasteiger partial charge in [-0.1, -0.05) is 25.0 Å². The van der Waals surface area contributed by atoms with Crippen molar-refractivity contribution in [1.29, 1.82) is 5.41 Å². The maximum absolute atomic E-state index is 13.6. The van der Waals surface area contributed by atoms with E-state index in [1.807, 2.05) is 0 Å². The molecule has 0 saturated carbocycles. The van der Waals surface area contributed by atoms with Gasteiger partial charge in [0, 0.05) is 25.2 Å². The molecule has 44 heavy (non-hydrogen) atoms. The minimum Gasteiger partial charge on any atom is -0.508 e. The largest absolute Gasteiger partial charge is 0.508 e. The number of phenolic OH excluding ortho intramolecular Hbond substituents is 1. The van der Waals surface area contributed by atoms with Crippen molar-refractivity contribution in [3.05, 3.63) is 29.8 Å². The second-order valence-electron chi connectivity index (χ2n) is 10.9. The van der Waals surface area contributed by atoms with E-state index >= 15 is 0 Å². The highest BCUT2D eigenvalue weighted by Crippen LogP contribution is 2.19. The molecule has 4 amide bonds. The maximum atomic E-state index is 13.6. The number of hydrogen-bond acceptors (Lipinski definition) is 9. The van der Waals surface area contributed by atoms with E-state index < -0.39 is 72.4 Å². The number of carbonyl (C=O) groups is 6. The summed E-state index contributed by atoms with van der Waals surface area (Å²) in [7, 11) is 0. The topological polar surface area (TPSA) is 267 Å². The number of amides is 4. The van der Waals surface area contributed by atoms with Crippen LogP contribution in [0.5, 0.6) is 5.75 Å². The summed E-state index contributed by atoms with van der Waals surface area (Å²) in [5.41, 5.74) is 11.6. The average molecular weight is 618 g/mol. The summed E-state index contributed by atoms with van der Waals surface area (Å²) in [4.78, 5) is 77.6. The monoisotopic (exact) mass is 617 g/mol. The van der Waals surface area contributed by atoms with Crippen molar-refractivity contribution in [2.24, 2.45) is 17.4 Å². The molecule has 0 aliphatic carbocycles. The van der Waals surface area contributed by atoms with Gasteiger partial charge in [-0.25, -0.2) is 0 Å². The van der Waals surface area contributed by atoms with Gasteiger partial charge in [-0.15, -0.1) is 0 Å². The first-order valence-corrected chi connectivity index (χ1v) is 14.6. The van der Waals surface area contributed by atoms with E-state index in [1.54, 1.807) is 12.1 Å². The van der Waals surface area contributed by atoms with Crippen molar-refractivity contribution >= 4 is 41.2 Å². The third-order valence-electron chi connectivity index (χ3n) is 7.18. The summed E-state index contributed by atoms with van der Waals surface area (Å²) in [6, 6.07) is 2.05. The molecule has 1 fully saturated rings. The molecule has 0 aromatic heterocycles. The van der Waals surface area contributed by atoms with Crippen LogP contribution in [0.25, 0.3) is 0 Å². The lowest BCUT2D eigenvalue weighted by Gasteiger charge is -2.25. The van der Waals surface area contributed by atoms with Gasteiger partial charge in [0.1, 0.15) is 17.8 Å². The molecule has 0 radical (unpaired) electrons. The number of amidine groups is 1. The Morgan fingerprint density at radius 2 is 1.52 bits per heavy atom. The Balaban J connectivity index is 2.44. The fraction of sp³-hybridized carbons (Fsp3) is 0.552. The first-order chi connectivity index (χ1) is 20.9. The molecule has 1 saturated heterocycles. The molecule has 2 rings (SSSR count). The zero-order valence-corrected chi connectivity index (χ0v) is 24.6. The molecule has 1 aliphatic rings. The normalized spacial score (nSPS) is 22.1. The van der Waals surface area contributed by atoms with Crippen LogP contribution in [0.3, 0.4) is 0 Å². The number of carbonyl (C=O) groups excluding carboxylic acids is 5. The Morgan fingerprint density at radius 1 is 0.864 bits per heavy atom. The highest BCUT2D eigenvalue weighted by molar-refractivity contribution is 5.97. The number of carboxylic acids is 1. The lowest BCUT2D eigenvalue weighted by atomic mass is 9.90. The number of hydrogen-bond donors (Lipinski definition) is 9. The zero-order chi connectivity index (χ0) is 32.6. The molecular weight excluding hydrogens is 574 g/mol. The number of carboxylic acid groups (broad SMARTS) is 1. The van der Waals surface area contributed by atoms with Crippen LogP contribution in [0.2, 0.25) is 0 Å². The second kappa shape index (κ2) is 18.2. The Kier molecular flexibility index (Phi) is 14.8. The quantitative estimate of drug-likeness (QED) is 0.0755. The molecule has 0 spiro atoms. The van der Waals surface area contributed by atoms with Gasteiger partial charge in [-0.2, -0.15) is 0 Å². The highest BCUT2D eigenvalue weighted by Gasteiger charge is 2.33. The van der Waals surface area contributed by atoms with Crippen molar-refractivity contribution in [2.45, 2.75) is 82.3 Å². The predicted molar refractivity (Wildman–Crippen MR) is 159 cm³/mol. The molecule has 0 unspecified atom stereocenters. The van der Waals surface area contributed by atoms with Crippen molar-refractivity contribution in [3.8, 4) is 5.75 Å². The van der Waals surface area contributed by atoms with Gasteiger partial charge in [0.25, 0.3) is 0 Å². The van der Waals surface area contributed by atoms with Gasteiger partial charge in [0.05, 0.1) is 24.8 Å². The van der Waals surface area contributed by atoms with Crippen molar-refractivity contribution in [1.82, 2.24) is 21.3 Å². The van der Waals surface area contributed by atoms with Crippen molar-refractivity contribution in [2.75, 3.05) is 13.1 Å². The standard InChI is InChI=1S/C29H43N7O8/c30-12-4-3-5-18-14-23(38)20(6-1-2-7-24(31)32)34-25(39)16-33-28(43)22(15-26(40)41)36-29(44)21(35-27(18)42)13-17-8-10-19(37)11-9-17/h8-11,18,20-22,37H,1-7,12-16,30H2,(H3,31,32)(H,33,43)(H,34,39)(H,35,42)(H,36,44)(H,40,41)/t18-,20+,21-,22+/m0/s1. The smallest absolute Gasteiger partial charge is 0.305 e. The van der Waals surface area contributed by atoms with Crippen LogP contribution in [0, 0.1) is 11.3 Å². The number of aliphatic carboxylic acids is 1. The summed E-state index contributed by atoms with van der Waals surface area (Å²) in [6.45, 7) is -0.217. The number of aromatic hydroxyl groups is 1. The maximum Gasteiger partial charge on any atom is 0.305 e. The van der Waals surface area contributed by atoms with Gasteiger partial charge in [-0.3, -0.25) is 34.2 Å². The van der Waals surface area contributed by atoms with Crippen LogP contribution >= 0.6 is 0 Å². The van der Waals surface area contributed by atoms with Gasteiger partial charge in [0.2, 0.25) is 23.6 Å². The summed E-state index contributed by atoms with van der Waals surface area (Å²) >= 11 is 0. The number of Topliss-reactive ketones (excluding diaryl/α,β-unsaturated/α-hetero) is 1. The van der Waals surface area contributed by atoms with Crippen LogP contribution in [0.1, 0.15) is 63.4 Å². The fourth-order valence-electron chi connectivity index (χ4n) is 4.78. The molecule has 1 aliphatic heterocycles. The number of unbranched alkanes of at least 4 members (excludes halogenated alkanes) is 2. The lowest BCUT2D eigenvalue weighted by molar-refractivity contribution is -0.141. The van der Waals surface area contributed by atoms with Crippen LogP contribution in [0.15, 0.2) is 24.3 Å². The highest BCUT2D eigenvalue weighted by atomic mass is 16.4. The van der Waals surface area contributed by atoms with Crippen molar-refractivity contribution in [3.63, 3.8) is 0 Å². The first kappa shape index (κ1) is 35.7. The number of benzene rings is 1.